The summed E-state index contributed by atoms with van der Waals surface area (Å²) >= 11 is 0. The second-order valence-corrected chi connectivity index (χ2v) is 6.16. The van der Waals surface area contributed by atoms with E-state index < -0.39 is 0 Å². The molecule has 0 amide bonds. The van der Waals surface area contributed by atoms with Gasteiger partial charge < -0.3 is 9.67 Å². The van der Waals surface area contributed by atoms with Gasteiger partial charge in [-0.25, -0.2) is 0 Å². The average Bonchev–Trinajstić information content (AvgIpc) is 2.62. The molecule has 0 bridgehead atoms. The first-order valence-corrected chi connectivity index (χ1v) is 6.86. The number of fused-ring (bicyclic) bond motifs is 1. The van der Waals surface area contributed by atoms with E-state index >= 15 is 0 Å². The van der Waals surface area contributed by atoms with Gasteiger partial charge in [-0.1, -0.05) is 27.7 Å². The minimum Gasteiger partial charge on any atom is -0.388 e. The van der Waals surface area contributed by atoms with Crippen molar-refractivity contribution in [3.8, 4) is 0 Å². The Kier molecular flexibility index (Phi) is 3.35. The summed E-state index contributed by atoms with van der Waals surface area (Å²) in [6, 6.07) is 2.70. The summed E-state index contributed by atoms with van der Waals surface area (Å²) in [6.07, 6.45) is 6.19. The summed E-state index contributed by atoms with van der Waals surface area (Å²) in [5.74, 6) is 0. The molecular formula is C15H25NO. The van der Waals surface area contributed by atoms with Gasteiger partial charge in [-0.15, -0.1) is 0 Å². The Morgan fingerprint density at radius 2 is 2.06 bits per heavy atom. The molecule has 1 aromatic rings. The molecule has 0 radical (unpaired) electrons. The van der Waals surface area contributed by atoms with E-state index in [1.54, 1.807) is 0 Å². The van der Waals surface area contributed by atoms with E-state index in [-0.39, 0.29) is 11.5 Å². The van der Waals surface area contributed by atoms with Gasteiger partial charge in [-0.3, -0.25) is 0 Å². The van der Waals surface area contributed by atoms with E-state index in [0.29, 0.717) is 6.04 Å². The van der Waals surface area contributed by atoms with Crippen LogP contribution in [0.25, 0.3) is 0 Å². The topological polar surface area (TPSA) is 25.2 Å². The van der Waals surface area contributed by atoms with Crippen molar-refractivity contribution >= 4 is 0 Å². The highest BCUT2D eigenvalue weighted by atomic mass is 16.3. The first-order valence-electron chi connectivity index (χ1n) is 6.86. The van der Waals surface area contributed by atoms with Crippen LogP contribution in [0.15, 0.2) is 12.3 Å². The third kappa shape index (κ3) is 2.28. The third-order valence-electron chi connectivity index (χ3n) is 4.15. The summed E-state index contributed by atoms with van der Waals surface area (Å²) in [6.45, 7) is 8.99. The van der Waals surface area contributed by atoms with Gasteiger partial charge in [-0.2, -0.15) is 0 Å². The molecule has 1 atom stereocenters. The fourth-order valence-corrected chi connectivity index (χ4v) is 3.18. The Labute approximate surface area is 105 Å². The van der Waals surface area contributed by atoms with Gasteiger partial charge >= 0.3 is 0 Å². The van der Waals surface area contributed by atoms with Crippen molar-refractivity contribution in [1.82, 2.24) is 4.57 Å². The van der Waals surface area contributed by atoms with Crippen LogP contribution in [-0.4, -0.2) is 9.67 Å². The van der Waals surface area contributed by atoms with Crippen molar-refractivity contribution in [2.45, 2.75) is 65.5 Å². The van der Waals surface area contributed by atoms with Crippen LogP contribution in [0.1, 0.15) is 70.4 Å². The van der Waals surface area contributed by atoms with E-state index in [2.05, 4.69) is 44.5 Å². The molecule has 0 fully saturated rings. The SMILES string of the molecule is CCC(CC)n1ccc2c1CC(C)(C)CC2O. The molecule has 0 saturated heterocycles. The van der Waals surface area contributed by atoms with Gasteiger partial charge in [0.1, 0.15) is 0 Å². The Balaban J connectivity index is 2.40. The van der Waals surface area contributed by atoms with Crippen LogP contribution in [0, 0.1) is 5.41 Å². The van der Waals surface area contributed by atoms with Crippen molar-refractivity contribution in [2.75, 3.05) is 0 Å². The molecule has 0 aliphatic heterocycles. The van der Waals surface area contributed by atoms with E-state index in [1.807, 2.05) is 0 Å². The monoisotopic (exact) mass is 235 g/mol. The first-order chi connectivity index (χ1) is 7.98. The Bertz CT molecular complexity index is 388. The highest BCUT2D eigenvalue weighted by Crippen LogP contribution is 2.42. The first kappa shape index (κ1) is 12.7. The van der Waals surface area contributed by atoms with Crippen molar-refractivity contribution in [3.63, 3.8) is 0 Å². The molecule has 17 heavy (non-hydrogen) atoms. The third-order valence-corrected chi connectivity index (χ3v) is 4.15. The summed E-state index contributed by atoms with van der Waals surface area (Å²) < 4.78 is 2.40. The highest BCUT2D eigenvalue weighted by Gasteiger charge is 2.33. The molecule has 2 rings (SSSR count). The van der Waals surface area contributed by atoms with Gasteiger partial charge in [0, 0.05) is 23.5 Å². The minimum absolute atomic E-state index is 0.217. The molecule has 1 N–H and O–H groups in total. The predicted molar refractivity (Wildman–Crippen MR) is 71.1 cm³/mol. The maximum atomic E-state index is 10.2. The van der Waals surface area contributed by atoms with Crippen LogP contribution in [0.5, 0.6) is 0 Å². The molecule has 96 valence electrons. The quantitative estimate of drug-likeness (QED) is 0.845. The lowest BCUT2D eigenvalue weighted by Crippen LogP contribution is -2.27. The molecule has 0 spiro atoms. The van der Waals surface area contributed by atoms with Crippen LogP contribution in [0.4, 0.5) is 0 Å². The summed E-state index contributed by atoms with van der Waals surface area (Å²) in [7, 11) is 0. The zero-order valence-electron chi connectivity index (χ0n) is 11.5. The van der Waals surface area contributed by atoms with Crippen LogP contribution in [0.3, 0.4) is 0 Å². The van der Waals surface area contributed by atoms with Gasteiger partial charge in [0.2, 0.25) is 0 Å². The standard InChI is InChI=1S/C15H25NO/c1-5-11(6-2)16-8-7-12-13(16)9-15(3,4)10-14(12)17/h7-8,11,14,17H,5-6,9-10H2,1-4H3. The van der Waals surface area contributed by atoms with Crippen LogP contribution >= 0.6 is 0 Å². The fourth-order valence-electron chi connectivity index (χ4n) is 3.18. The molecule has 1 heterocycles. The molecule has 1 unspecified atom stereocenters. The van der Waals surface area contributed by atoms with Crippen LogP contribution in [-0.2, 0) is 6.42 Å². The second kappa shape index (κ2) is 4.49. The lowest BCUT2D eigenvalue weighted by atomic mass is 9.75. The van der Waals surface area contributed by atoms with E-state index in [1.165, 1.54) is 5.69 Å². The normalized spacial score (nSPS) is 22.8. The van der Waals surface area contributed by atoms with Gasteiger partial charge in [-0.05, 0) is 37.2 Å². The lowest BCUT2D eigenvalue weighted by Gasteiger charge is -2.35. The largest absolute Gasteiger partial charge is 0.388 e. The zero-order chi connectivity index (χ0) is 12.6. The highest BCUT2D eigenvalue weighted by molar-refractivity contribution is 5.29. The molecule has 2 heteroatoms. The van der Waals surface area contributed by atoms with Crippen LogP contribution in [0.2, 0.25) is 0 Å². The van der Waals surface area contributed by atoms with E-state index in [9.17, 15) is 5.11 Å². The zero-order valence-corrected chi connectivity index (χ0v) is 11.5. The Morgan fingerprint density at radius 3 is 2.65 bits per heavy atom. The van der Waals surface area contributed by atoms with Crippen molar-refractivity contribution in [2.24, 2.45) is 5.41 Å². The number of hydrogen-bond donors (Lipinski definition) is 1. The maximum absolute atomic E-state index is 10.2. The predicted octanol–water partition coefficient (Wildman–Crippen LogP) is 3.86. The number of aliphatic hydroxyl groups is 1. The van der Waals surface area contributed by atoms with Gasteiger partial charge in [0.25, 0.3) is 0 Å². The molecule has 0 aromatic carbocycles. The van der Waals surface area contributed by atoms with Gasteiger partial charge in [0.05, 0.1) is 6.10 Å². The van der Waals surface area contributed by atoms with Crippen molar-refractivity contribution in [3.05, 3.63) is 23.5 Å². The smallest absolute Gasteiger partial charge is 0.0812 e. The van der Waals surface area contributed by atoms with Crippen molar-refractivity contribution in [1.29, 1.82) is 0 Å². The molecule has 0 saturated carbocycles. The molecule has 2 nitrogen and oxygen atoms in total. The van der Waals surface area contributed by atoms with E-state index in [4.69, 9.17) is 0 Å². The molecule has 1 aliphatic rings. The average molecular weight is 235 g/mol. The number of hydrogen-bond acceptors (Lipinski definition) is 1. The van der Waals surface area contributed by atoms with Crippen LogP contribution < -0.4 is 0 Å². The summed E-state index contributed by atoms with van der Waals surface area (Å²) in [5.41, 5.74) is 2.74. The number of aliphatic hydroxyl groups excluding tert-OH is 1. The number of rotatable bonds is 3. The molecular weight excluding hydrogens is 210 g/mol. The van der Waals surface area contributed by atoms with E-state index in [0.717, 1.165) is 31.2 Å². The number of nitrogens with zero attached hydrogens (tertiary/aromatic N) is 1. The second-order valence-electron chi connectivity index (χ2n) is 6.16. The summed E-state index contributed by atoms with van der Waals surface area (Å²) in [4.78, 5) is 0. The fraction of sp³-hybridized carbons (Fsp3) is 0.733. The number of aromatic nitrogens is 1. The Morgan fingerprint density at radius 1 is 1.41 bits per heavy atom. The lowest BCUT2D eigenvalue weighted by molar-refractivity contribution is 0.0973. The maximum Gasteiger partial charge on any atom is 0.0812 e. The molecule has 1 aliphatic carbocycles. The molecule has 1 aromatic heterocycles. The minimum atomic E-state index is -0.274. The van der Waals surface area contributed by atoms with Crippen molar-refractivity contribution < 1.29 is 5.11 Å². The summed E-state index contributed by atoms with van der Waals surface area (Å²) in [5, 5.41) is 10.2. The Hall–Kier alpha value is -0.760. The van der Waals surface area contributed by atoms with Gasteiger partial charge in [0.15, 0.2) is 0 Å².